The predicted octanol–water partition coefficient (Wildman–Crippen LogP) is 3.54. The number of ketones is 1. The van der Waals surface area contributed by atoms with Gasteiger partial charge in [-0.15, -0.1) is 0 Å². The van der Waals surface area contributed by atoms with Gasteiger partial charge in [0.05, 0.1) is 0 Å². The van der Waals surface area contributed by atoms with E-state index in [2.05, 4.69) is 6.92 Å². The largest absolute Gasteiger partial charge is 0.294 e. The molecule has 0 aliphatic heterocycles. The summed E-state index contributed by atoms with van der Waals surface area (Å²) in [7, 11) is 0. The van der Waals surface area contributed by atoms with E-state index in [1.54, 1.807) is 24.3 Å². The molecule has 0 aliphatic rings. The van der Waals surface area contributed by atoms with Crippen LogP contribution < -0.4 is 0 Å². The van der Waals surface area contributed by atoms with Crippen LogP contribution >= 0.6 is 0 Å². The van der Waals surface area contributed by atoms with E-state index in [4.69, 9.17) is 0 Å². The van der Waals surface area contributed by atoms with Crippen LogP contribution in [0.1, 0.15) is 55.5 Å². The van der Waals surface area contributed by atoms with Crippen LogP contribution in [-0.4, -0.2) is 12.1 Å². The molecule has 91 valence electrons. The van der Waals surface area contributed by atoms with E-state index < -0.39 is 0 Å². The minimum absolute atomic E-state index is 0.112. The first kappa shape index (κ1) is 13.6. The topological polar surface area (TPSA) is 34.1 Å². The Kier molecular flexibility index (Phi) is 5.61. The molecule has 0 aromatic heterocycles. The smallest absolute Gasteiger partial charge is 0.233 e. The van der Waals surface area contributed by atoms with Gasteiger partial charge in [0.2, 0.25) is 6.29 Å². The average Bonchev–Trinajstić information content (AvgIpc) is 2.39. The lowest BCUT2D eigenvalue weighted by Crippen LogP contribution is -2.14. The minimum atomic E-state index is 0.112. The molecule has 1 aromatic carbocycles. The maximum absolute atomic E-state index is 12.2. The minimum Gasteiger partial charge on any atom is -0.294 e. The van der Waals surface area contributed by atoms with Gasteiger partial charge in [-0.2, -0.15) is 0 Å². The normalized spacial score (nSPS) is 12.1. The van der Waals surface area contributed by atoms with Crippen LogP contribution in [0, 0.1) is 5.92 Å². The van der Waals surface area contributed by atoms with Gasteiger partial charge in [0, 0.05) is 17.0 Å². The third kappa shape index (κ3) is 3.81. The van der Waals surface area contributed by atoms with Crippen molar-refractivity contribution in [1.82, 2.24) is 0 Å². The molecule has 0 aliphatic carbocycles. The second kappa shape index (κ2) is 7.00. The number of hydrogen-bond donors (Lipinski definition) is 0. The van der Waals surface area contributed by atoms with Crippen molar-refractivity contribution in [2.45, 2.75) is 39.5 Å². The van der Waals surface area contributed by atoms with Crippen LogP contribution in [0.2, 0.25) is 0 Å². The molecule has 1 radical (unpaired) electrons. The molecule has 2 nitrogen and oxygen atoms in total. The van der Waals surface area contributed by atoms with Gasteiger partial charge in [-0.3, -0.25) is 9.59 Å². The molecule has 2 heteroatoms. The molecule has 1 rings (SSSR count). The first-order chi connectivity index (χ1) is 8.22. The summed E-state index contributed by atoms with van der Waals surface area (Å²) in [6.07, 6.45) is 5.84. The molecule has 0 saturated heterocycles. The molecule has 0 fully saturated rings. The number of rotatable bonds is 7. The fourth-order valence-corrected chi connectivity index (χ4v) is 1.91. The fraction of sp³-hybridized carbons (Fsp3) is 0.467. The lowest BCUT2D eigenvalue weighted by atomic mass is 9.90. The molecule has 0 amide bonds. The van der Waals surface area contributed by atoms with E-state index in [-0.39, 0.29) is 11.7 Å². The number of benzene rings is 1. The van der Waals surface area contributed by atoms with Crippen LogP contribution in [0.5, 0.6) is 0 Å². The Bertz CT molecular complexity index is 365. The molecule has 0 bridgehead atoms. The van der Waals surface area contributed by atoms with E-state index in [0.29, 0.717) is 11.1 Å². The van der Waals surface area contributed by atoms with E-state index in [9.17, 15) is 9.59 Å². The summed E-state index contributed by atoms with van der Waals surface area (Å²) in [5.41, 5.74) is 1.19. The van der Waals surface area contributed by atoms with Crippen molar-refractivity contribution in [3.05, 3.63) is 35.4 Å². The van der Waals surface area contributed by atoms with Crippen LogP contribution in [0.4, 0.5) is 0 Å². The van der Waals surface area contributed by atoms with Crippen LogP contribution in [-0.2, 0) is 4.79 Å². The highest BCUT2D eigenvalue weighted by Crippen LogP contribution is 2.18. The van der Waals surface area contributed by atoms with Crippen molar-refractivity contribution >= 4 is 12.1 Å². The predicted molar refractivity (Wildman–Crippen MR) is 68.9 cm³/mol. The number of unbranched alkanes of at least 4 members (excludes halogenated alkanes) is 1. The zero-order valence-electron chi connectivity index (χ0n) is 10.5. The first-order valence-corrected chi connectivity index (χ1v) is 6.25. The van der Waals surface area contributed by atoms with E-state index >= 15 is 0 Å². The van der Waals surface area contributed by atoms with E-state index in [0.717, 1.165) is 25.7 Å². The van der Waals surface area contributed by atoms with Crippen LogP contribution in [0.25, 0.3) is 0 Å². The molecule has 0 heterocycles. The summed E-state index contributed by atoms with van der Waals surface area (Å²) >= 11 is 0. The Morgan fingerprint density at radius 1 is 1.24 bits per heavy atom. The molecule has 1 aromatic rings. The number of hydrogen-bond acceptors (Lipinski definition) is 2. The Labute approximate surface area is 103 Å². The van der Waals surface area contributed by atoms with Crippen molar-refractivity contribution < 1.29 is 9.59 Å². The summed E-state index contributed by atoms with van der Waals surface area (Å²) in [5, 5.41) is 0. The highest BCUT2D eigenvalue weighted by atomic mass is 16.1. The molecule has 0 spiro atoms. The number of carbonyl (C=O) groups is 1. The second-order valence-corrected chi connectivity index (χ2v) is 4.29. The van der Waals surface area contributed by atoms with Crippen molar-refractivity contribution in [2.24, 2.45) is 5.92 Å². The lowest BCUT2D eigenvalue weighted by Gasteiger charge is -2.13. The van der Waals surface area contributed by atoms with Crippen LogP contribution in [0.3, 0.4) is 0 Å². The van der Waals surface area contributed by atoms with E-state index in [1.807, 2.05) is 13.2 Å². The Morgan fingerprint density at radius 3 is 2.35 bits per heavy atom. The van der Waals surface area contributed by atoms with Gasteiger partial charge in [-0.1, -0.05) is 51.0 Å². The highest BCUT2D eigenvalue weighted by Gasteiger charge is 2.17. The van der Waals surface area contributed by atoms with Gasteiger partial charge in [-0.05, 0) is 12.8 Å². The molecule has 1 unspecified atom stereocenters. The van der Waals surface area contributed by atoms with Gasteiger partial charge in [0.25, 0.3) is 0 Å². The number of Topliss-reactive ketones (excluding diaryl/α,β-unsaturated/α-hetero) is 1. The Morgan fingerprint density at radius 2 is 1.88 bits per heavy atom. The van der Waals surface area contributed by atoms with E-state index in [1.165, 1.54) is 0 Å². The third-order valence-electron chi connectivity index (χ3n) is 3.06. The SMILES string of the molecule is CCCCC(CC)C(=O)c1ccc([C]=O)cc1. The van der Waals surface area contributed by atoms with Gasteiger partial charge < -0.3 is 0 Å². The Balaban J connectivity index is 2.74. The molecule has 0 N–H and O–H groups in total. The van der Waals surface area contributed by atoms with Gasteiger partial charge in [-0.25, -0.2) is 0 Å². The monoisotopic (exact) mass is 231 g/mol. The maximum atomic E-state index is 12.2. The molecule has 0 saturated carbocycles. The van der Waals surface area contributed by atoms with Crippen molar-refractivity contribution in [3.63, 3.8) is 0 Å². The third-order valence-corrected chi connectivity index (χ3v) is 3.06. The molecule has 17 heavy (non-hydrogen) atoms. The quantitative estimate of drug-likeness (QED) is 0.672. The summed E-state index contributed by atoms with van der Waals surface area (Å²) in [4.78, 5) is 22.6. The summed E-state index contributed by atoms with van der Waals surface area (Å²) in [6, 6.07) is 6.73. The number of carbonyl (C=O) groups excluding carboxylic acids is 2. The summed E-state index contributed by atoms with van der Waals surface area (Å²) in [6.45, 7) is 4.18. The molecular weight excluding hydrogens is 212 g/mol. The molecular formula is C15H19O2. The Hall–Kier alpha value is -1.44. The van der Waals surface area contributed by atoms with Gasteiger partial charge in [0.15, 0.2) is 5.78 Å². The van der Waals surface area contributed by atoms with Gasteiger partial charge >= 0.3 is 0 Å². The zero-order valence-corrected chi connectivity index (χ0v) is 10.5. The van der Waals surface area contributed by atoms with Crippen molar-refractivity contribution in [1.29, 1.82) is 0 Å². The van der Waals surface area contributed by atoms with Crippen molar-refractivity contribution in [2.75, 3.05) is 0 Å². The van der Waals surface area contributed by atoms with Crippen molar-refractivity contribution in [3.8, 4) is 0 Å². The maximum Gasteiger partial charge on any atom is 0.233 e. The van der Waals surface area contributed by atoms with Crippen LogP contribution in [0.15, 0.2) is 24.3 Å². The summed E-state index contributed by atoms with van der Waals surface area (Å²) < 4.78 is 0. The average molecular weight is 231 g/mol. The highest BCUT2D eigenvalue weighted by molar-refractivity contribution is 5.98. The standard InChI is InChI=1S/C15H19O2/c1-3-5-6-13(4-2)15(17)14-9-7-12(11-16)8-10-14/h7-10,13H,3-6H2,1-2H3. The van der Waals surface area contributed by atoms with Gasteiger partial charge in [0.1, 0.15) is 0 Å². The lowest BCUT2D eigenvalue weighted by molar-refractivity contribution is 0.0908. The summed E-state index contributed by atoms with van der Waals surface area (Å²) in [5.74, 6) is 0.305. The molecule has 1 atom stereocenters. The second-order valence-electron chi connectivity index (χ2n) is 4.29. The fourth-order valence-electron chi connectivity index (χ4n) is 1.91. The zero-order chi connectivity index (χ0) is 12.7. The first-order valence-electron chi connectivity index (χ1n) is 6.25.